The average molecular weight is 263 g/mol. The van der Waals surface area contributed by atoms with Gasteiger partial charge in [-0.2, -0.15) is 5.26 Å². The summed E-state index contributed by atoms with van der Waals surface area (Å²) < 4.78 is 0. The van der Waals surface area contributed by atoms with Gasteiger partial charge < -0.3 is 10.2 Å². The first-order valence-corrected chi connectivity index (χ1v) is 7.16. The van der Waals surface area contributed by atoms with E-state index < -0.39 is 0 Å². The van der Waals surface area contributed by atoms with E-state index in [2.05, 4.69) is 5.32 Å². The predicted molar refractivity (Wildman–Crippen MR) is 76.2 cm³/mol. The molecule has 1 amide bonds. The zero-order chi connectivity index (χ0) is 14.3. The Hall–Kier alpha value is -1.50. The van der Waals surface area contributed by atoms with E-state index >= 15 is 0 Å². The van der Waals surface area contributed by atoms with Gasteiger partial charge in [0.15, 0.2) is 0 Å². The molecule has 0 spiro atoms. The van der Waals surface area contributed by atoms with Crippen molar-refractivity contribution >= 4 is 5.91 Å². The standard InChI is InChI=1S/C15H25N3O/c1-12(2)10-17-15(19)13(9-16)11-18(3)14-7-5-4-6-8-14/h11-12,14H,4-8,10H2,1-3H3,(H,17,19)/b13-11-. The summed E-state index contributed by atoms with van der Waals surface area (Å²) in [6, 6.07) is 2.47. The molecule has 0 radical (unpaired) electrons. The van der Waals surface area contributed by atoms with Crippen LogP contribution in [0.1, 0.15) is 46.0 Å². The van der Waals surface area contributed by atoms with E-state index in [0.717, 1.165) is 12.8 Å². The molecule has 1 aliphatic carbocycles. The minimum absolute atomic E-state index is 0.203. The van der Waals surface area contributed by atoms with E-state index in [0.29, 0.717) is 18.5 Å². The van der Waals surface area contributed by atoms with Crippen molar-refractivity contribution in [1.29, 1.82) is 5.26 Å². The van der Waals surface area contributed by atoms with Crippen molar-refractivity contribution in [2.45, 2.75) is 52.0 Å². The summed E-state index contributed by atoms with van der Waals surface area (Å²) in [5, 5.41) is 11.9. The van der Waals surface area contributed by atoms with Crippen LogP contribution in [0.5, 0.6) is 0 Å². The molecule has 4 heteroatoms. The smallest absolute Gasteiger partial charge is 0.263 e. The maximum absolute atomic E-state index is 11.9. The van der Waals surface area contributed by atoms with Gasteiger partial charge in [-0.15, -0.1) is 0 Å². The first-order chi connectivity index (χ1) is 9.04. The Balaban J connectivity index is 2.59. The quantitative estimate of drug-likeness (QED) is 0.612. The van der Waals surface area contributed by atoms with Crippen LogP contribution in [-0.2, 0) is 4.79 Å². The second kappa shape index (κ2) is 7.83. The highest BCUT2D eigenvalue weighted by molar-refractivity contribution is 5.97. The van der Waals surface area contributed by atoms with Gasteiger partial charge in [0.25, 0.3) is 5.91 Å². The topological polar surface area (TPSA) is 56.1 Å². The predicted octanol–water partition coefficient (Wildman–Crippen LogP) is 2.43. The molecular formula is C15H25N3O. The molecule has 0 heterocycles. The molecule has 0 aromatic heterocycles. The second-order valence-electron chi connectivity index (χ2n) is 5.72. The molecule has 0 saturated heterocycles. The Labute approximate surface area is 116 Å². The zero-order valence-corrected chi connectivity index (χ0v) is 12.3. The number of nitriles is 1. The van der Waals surface area contributed by atoms with Gasteiger partial charge in [-0.1, -0.05) is 33.1 Å². The summed E-state index contributed by atoms with van der Waals surface area (Å²) >= 11 is 0. The third-order valence-electron chi connectivity index (χ3n) is 3.52. The molecule has 4 nitrogen and oxygen atoms in total. The average Bonchev–Trinajstić information content (AvgIpc) is 2.42. The molecule has 19 heavy (non-hydrogen) atoms. The monoisotopic (exact) mass is 263 g/mol. The van der Waals surface area contributed by atoms with Crippen LogP contribution < -0.4 is 5.32 Å². The fraction of sp³-hybridized carbons (Fsp3) is 0.733. The zero-order valence-electron chi connectivity index (χ0n) is 12.3. The number of carbonyl (C=O) groups excluding carboxylic acids is 1. The van der Waals surface area contributed by atoms with Gasteiger partial charge in [0.2, 0.25) is 0 Å². The van der Waals surface area contributed by atoms with Crippen LogP contribution in [0.3, 0.4) is 0 Å². The number of rotatable bonds is 5. The van der Waals surface area contributed by atoms with E-state index in [4.69, 9.17) is 5.26 Å². The van der Waals surface area contributed by atoms with Gasteiger partial charge in [-0.25, -0.2) is 0 Å². The van der Waals surface area contributed by atoms with Crippen LogP contribution in [0.2, 0.25) is 0 Å². The molecule has 0 unspecified atom stereocenters. The van der Waals surface area contributed by atoms with Crippen molar-refractivity contribution in [3.63, 3.8) is 0 Å². The summed E-state index contributed by atoms with van der Waals surface area (Å²) in [5.74, 6) is 0.124. The third kappa shape index (κ3) is 5.34. The normalized spacial score (nSPS) is 17.1. The minimum atomic E-state index is -0.265. The minimum Gasteiger partial charge on any atom is -0.376 e. The SMILES string of the molecule is CC(C)CNC(=O)/C(C#N)=C\N(C)C1CCCCC1. The summed E-state index contributed by atoms with van der Waals surface area (Å²) in [7, 11) is 1.96. The van der Waals surface area contributed by atoms with Crippen LogP contribution in [0.25, 0.3) is 0 Å². The van der Waals surface area contributed by atoms with Gasteiger partial charge >= 0.3 is 0 Å². The van der Waals surface area contributed by atoms with E-state index in [9.17, 15) is 4.79 Å². The molecule has 0 aromatic rings. The third-order valence-corrected chi connectivity index (χ3v) is 3.52. The molecule has 0 bridgehead atoms. The molecule has 0 aliphatic heterocycles. The van der Waals surface area contributed by atoms with Gasteiger partial charge in [-0.05, 0) is 18.8 Å². The van der Waals surface area contributed by atoms with Crippen molar-refractivity contribution in [3.05, 3.63) is 11.8 Å². The summed E-state index contributed by atoms with van der Waals surface area (Å²) in [6.45, 7) is 4.67. The Morgan fingerprint density at radius 2 is 2.05 bits per heavy atom. The highest BCUT2D eigenvalue weighted by Crippen LogP contribution is 2.22. The fourth-order valence-electron chi connectivity index (χ4n) is 2.33. The highest BCUT2D eigenvalue weighted by atomic mass is 16.1. The van der Waals surface area contributed by atoms with Crippen molar-refractivity contribution in [1.82, 2.24) is 10.2 Å². The fourth-order valence-corrected chi connectivity index (χ4v) is 2.33. The van der Waals surface area contributed by atoms with Crippen LogP contribution in [0, 0.1) is 17.2 Å². The Kier molecular flexibility index (Phi) is 6.41. The molecule has 1 fully saturated rings. The van der Waals surface area contributed by atoms with Crippen molar-refractivity contribution in [2.24, 2.45) is 5.92 Å². The first-order valence-electron chi connectivity index (χ1n) is 7.16. The van der Waals surface area contributed by atoms with E-state index in [1.165, 1.54) is 19.3 Å². The second-order valence-corrected chi connectivity index (χ2v) is 5.72. The molecule has 1 rings (SSSR count). The first kappa shape index (κ1) is 15.6. The van der Waals surface area contributed by atoms with Crippen molar-refractivity contribution in [3.8, 4) is 6.07 Å². The van der Waals surface area contributed by atoms with Crippen molar-refractivity contribution in [2.75, 3.05) is 13.6 Å². The molecule has 1 saturated carbocycles. The van der Waals surface area contributed by atoms with E-state index in [1.807, 2.05) is 31.9 Å². The maximum atomic E-state index is 11.9. The number of nitrogens with one attached hydrogen (secondary N) is 1. The molecule has 0 aromatic carbocycles. The van der Waals surface area contributed by atoms with Gasteiger partial charge in [0.1, 0.15) is 11.6 Å². The lowest BCUT2D eigenvalue weighted by Gasteiger charge is -2.30. The number of amides is 1. The number of hydrogen-bond acceptors (Lipinski definition) is 3. The maximum Gasteiger partial charge on any atom is 0.263 e. The van der Waals surface area contributed by atoms with Crippen LogP contribution in [0.15, 0.2) is 11.8 Å². The van der Waals surface area contributed by atoms with Crippen LogP contribution in [-0.4, -0.2) is 30.4 Å². The lowest BCUT2D eigenvalue weighted by molar-refractivity contribution is -0.117. The van der Waals surface area contributed by atoms with Crippen LogP contribution >= 0.6 is 0 Å². The van der Waals surface area contributed by atoms with Crippen molar-refractivity contribution < 1.29 is 4.79 Å². The summed E-state index contributed by atoms with van der Waals surface area (Å²) in [6.07, 6.45) is 7.78. The largest absolute Gasteiger partial charge is 0.376 e. The molecule has 0 atom stereocenters. The molecule has 1 N–H and O–H groups in total. The molecule has 106 valence electrons. The van der Waals surface area contributed by atoms with Crippen LogP contribution in [0.4, 0.5) is 0 Å². The van der Waals surface area contributed by atoms with Gasteiger partial charge in [0.05, 0.1) is 0 Å². The van der Waals surface area contributed by atoms with E-state index in [-0.39, 0.29) is 11.5 Å². The van der Waals surface area contributed by atoms with Gasteiger partial charge in [-0.3, -0.25) is 4.79 Å². The summed E-state index contributed by atoms with van der Waals surface area (Å²) in [4.78, 5) is 13.9. The Bertz CT molecular complexity index is 362. The molecule has 1 aliphatic rings. The highest BCUT2D eigenvalue weighted by Gasteiger charge is 2.18. The molecular weight excluding hydrogens is 238 g/mol. The Morgan fingerprint density at radius 1 is 1.42 bits per heavy atom. The number of nitrogens with zero attached hydrogens (tertiary/aromatic N) is 2. The van der Waals surface area contributed by atoms with Gasteiger partial charge in [0, 0.05) is 25.8 Å². The lowest BCUT2D eigenvalue weighted by atomic mass is 9.94. The Morgan fingerprint density at radius 3 is 2.58 bits per heavy atom. The number of carbonyl (C=O) groups is 1. The number of hydrogen-bond donors (Lipinski definition) is 1. The van der Waals surface area contributed by atoms with E-state index in [1.54, 1.807) is 6.20 Å². The summed E-state index contributed by atoms with van der Waals surface area (Å²) in [5.41, 5.74) is 0.203. The lowest BCUT2D eigenvalue weighted by Crippen LogP contribution is -2.32.